The molecule has 3 rings (SSSR count). The van der Waals surface area contributed by atoms with Gasteiger partial charge >= 0.3 is 5.97 Å². The zero-order valence-electron chi connectivity index (χ0n) is 18.5. The van der Waals surface area contributed by atoms with E-state index in [1.807, 2.05) is 12.1 Å². The van der Waals surface area contributed by atoms with E-state index in [1.54, 1.807) is 52.7 Å². The first-order valence-electron chi connectivity index (χ1n) is 9.97. The third-order valence-corrected chi connectivity index (χ3v) is 5.24. The van der Waals surface area contributed by atoms with Crippen molar-refractivity contribution in [3.05, 3.63) is 47.5 Å². The maximum atomic E-state index is 12.9. The van der Waals surface area contributed by atoms with E-state index in [1.165, 1.54) is 5.01 Å². The summed E-state index contributed by atoms with van der Waals surface area (Å²) >= 11 is 0. The molecule has 1 aliphatic rings. The molecule has 1 aliphatic heterocycles. The van der Waals surface area contributed by atoms with Crippen LogP contribution >= 0.6 is 0 Å². The normalized spacial score (nSPS) is 15.2. The lowest BCUT2D eigenvalue weighted by atomic mass is 9.97. The lowest BCUT2D eigenvalue weighted by Gasteiger charge is -2.23. The van der Waals surface area contributed by atoms with Gasteiger partial charge in [-0.1, -0.05) is 0 Å². The first-order valence-corrected chi connectivity index (χ1v) is 9.97. The number of ether oxygens (including phenoxy) is 4. The number of nitrogens with zero attached hydrogens (tertiary/aromatic N) is 2. The van der Waals surface area contributed by atoms with Gasteiger partial charge in [0.15, 0.2) is 11.5 Å². The lowest BCUT2D eigenvalue weighted by molar-refractivity contribution is -0.141. The quantitative estimate of drug-likeness (QED) is 0.635. The van der Waals surface area contributed by atoms with Gasteiger partial charge in [0.1, 0.15) is 11.5 Å². The zero-order valence-corrected chi connectivity index (χ0v) is 18.5. The summed E-state index contributed by atoms with van der Waals surface area (Å²) in [4.78, 5) is 23.9. The highest BCUT2D eigenvalue weighted by Crippen LogP contribution is 2.40. The van der Waals surface area contributed by atoms with Gasteiger partial charge in [0.25, 0.3) is 0 Å². The second-order valence-corrected chi connectivity index (χ2v) is 7.08. The molecule has 0 aliphatic carbocycles. The molecule has 32 heavy (non-hydrogen) atoms. The minimum atomic E-state index is -1.04. The summed E-state index contributed by atoms with van der Waals surface area (Å²) in [5.41, 5.74) is 2.18. The third kappa shape index (κ3) is 4.77. The molecule has 0 bridgehead atoms. The minimum absolute atomic E-state index is 0.160. The van der Waals surface area contributed by atoms with Crippen molar-refractivity contribution in [2.24, 2.45) is 5.10 Å². The van der Waals surface area contributed by atoms with E-state index in [0.29, 0.717) is 35.1 Å². The van der Waals surface area contributed by atoms with Gasteiger partial charge in [-0.05, 0) is 30.3 Å². The number of benzene rings is 2. The molecule has 0 saturated heterocycles. The minimum Gasteiger partial charge on any atom is -0.497 e. The summed E-state index contributed by atoms with van der Waals surface area (Å²) in [6.07, 6.45) is -0.0208. The number of hydrogen-bond acceptors (Lipinski definition) is 7. The van der Waals surface area contributed by atoms with E-state index >= 15 is 0 Å². The summed E-state index contributed by atoms with van der Waals surface area (Å²) in [5.74, 6) is 0.869. The predicted octanol–water partition coefficient (Wildman–Crippen LogP) is 3.26. The van der Waals surface area contributed by atoms with Gasteiger partial charge < -0.3 is 24.1 Å². The fourth-order valence-electron chi connectivity index (χ4n) is 3.59. The van der Waals surface area contributed by atoms with Gasteiger partial charge in [0, 0.05) is 30.0 Å². The van der Waals surface area contributed by atoms with E-state index < -0.39 is 12.0 Å². The van der Waals surface area contributed by atoms with Crippen molar-refractivity contribution in [2.45, 2.75) is 25.3 Å². The number of aliphatic carboxylic acids is 1. The molecule has 0 fully saturated rings. The van der Waals surface area contributed by atoms with E-state index in [0.717, 1.165) is 11.1 Å². The number of rotatable bonds is 9. The smallest absolute Gasteiger partial charge is 0.303 e. The molecule has 0 saturated carbocycles. The Labute approximate surface area is 186 Å². The molecule has 1 heterocycles. The van der Waals surface area contributed by atoms with Crippen molar-refractivity contribution >= 4 is 17.6 Å². The van der Waals surface area contributed by atoms with Crippen LogP contribution in [0.2, 0.25) is 0 Å². The molecule has 9 heteroatoms. The van der Waals surface area contributed by atoms with Crippen LogP contribution in [-0.4, -0.2) is 56.1 Å². The van der Waals surface area contributed by atoms with E-state index in [-0.39, 0.29) is 18.7 Å². The number of carbonyl (C=O) groups excluding carboxylic acids is 1. The number of hydrazone groups is 1. The van der Waals surface area contributed by atoms with Crippen LogP contribution in [0.1, 0.15) is 36.4 Å². The molecule has 0 aromatic heterocycles. The topological polar surface area (TPSA) is 107 Å². The summed E-state index contributed by atoms with van der Waals surface area (Å²) in [5, 5.41) is 14.9. The van der Waals surface area contributed by atoms with Crippen LogP contribution < -0.4 is 18.9 Å². The zero-order chi connectivity index (χ0) is 23.3. The van der Waals surface area contributed by atoms with Crippen LogP contribution in [0.4, 0.5) is 0 Å². The monoisotopic (exact) mass is 442 g/mol. The Bertz CT molecular complexity index is 1040. The molecule has 1 N–H and O–H groups in total. The maximum Gasteiger partial charge on any atom is 0.303 e. The van der Waals surface area contributed by atoms with Crippen LogP contribution in [-0.2, 0) is 9.59 Å². The molecular weight excluding hydrogens is 416 g/mol. The highest BCUT2D eigenvalue weighted by atomic mass is 16.5. The standard InChI is InChI=1S/C23H26N2O7/c1-29-15-6-7-16(20(12-15)31-3)18-13-17(24-25(18)22(26)9-10-23(27)28)14-5-8-19(30-2)21(11-14)32-4/h5-8,11-12,18H,9-10,13H2,1-4H3,(H,27,28)/t18-/m1/s1. The summed E-state index contributed by atoms with van der Waals surface area (Å²) in [6, 6.07) is 10.3. The van der Waals surface area contributed by atoms with E-state index in [2.05, 4.69) is 5.10 Å². The molecule has 9 nitrogen and oxygen atoms in total. The van der Waals surface area contributed by atoms with Gasteiger partial charge in [-0.15, -0.1) is 0 Å². The van der Waals surface area contributed by atoms with Gasteiger partial charge in [0.2, 0.25) is 5.91 Å². The second kappa shape index (κ2) is 10.0. The van der Waals surface area contributed by atoms with Crippen molar-refractivity contribution in [1.29, 1.82) is 0 Å². The van der Waals surface area contributed by atoms with Gasteiger partial charge in [-0.3, -0.25) is 9.59 Å². The Kier molecular flexibility index (Phi) is 7.19. The van der Waals surface area contributed by atoms with Crippen molar-refractivity contribution in [3.8, 4) is 23.0 Å². The molecule has 0 spiro atoms. The predicted molar refractivity (Wildman–Crippen MR) is 117 cm³/mol. The van der Waals surface area contributed by atoms with Crippen LogP contribution in [0.25, 0.3) is 0 Å². The molecule has 1 atom stereocenters. The number of carbonyl (C=O) groups is 2. The van der Waals surface area contributed by atoms with Crippen molar-refractivity contribution < 1.29 is 33.6 Å². The Morgan fingerprint density at radius 2 is 1.66 bits per heavy atom. The first kappa shape index (κ1) is 22.9. The molecule has 2 aromatic carbocycles. The van der Waals surface area contributed by atoms with E-state index in [4.69, 9.17) is 24.1 Å². The maximum absolute atomic E-state index is 12.9. The van der Waals surface area contributed by atoms with Crippen molar-refractivity contribution in [3.63, 3.8) is 0 Å². The SMILES string of the molecule is COc1ccc([C@H]2CC(c3ccc(OC)c(OC)c3)=NN2C(=O)CCC(=O)O)c(OC)c1. The molecule has 2 aromatic rings. The third-order valence-electron chi connectivity index (χ3n) is 5.24. The Balaban J connectivity index is 2.00. The molecule has 0 radical (unpaired) electrons. The van der Waals surface area contributed by atoms with Gasteiger partial charge in [-0.2, -0.15) is 5.10 Å². The number of carboxylic acids is 1. The number of amides is 1. The van der Waals surface area contributed by atoms with Crippen molar-refractivity contribution in [2.75, 3.05) is 28.4 Å². The lowest BCUT2D eigenvalue weighted by Crippen LogP contribution is -2.27. The summed E-state index contributed by atoms with van der Waals surface area (Å²) in [6.45, 7) is 0. The highest BCUT2D eigenvalue weighted by molar-refractivity contribution is 6.03. The van der Waals surface area contributed by atoms with Crippen LogP contribution in [0, 0.1) is 0 Å². The largest absolute Gasteiger partial charge is 0.497 e. The molecule has 0 unspecified atom stereocenters. The van der Waals surface area contributed by atoms with Crippen LogP contribution in [0.3, 0.4) is 0 Å². The van der Waals surface area contributed by atoms with Gasteiger partial charge in [0.05, 0.1) is 46.6 Å². The number of hydrogen-bond donors (Lipinski definition) is 1. The fourth-order valence-corrected chi connectivity index (χ4v) is 3.59. The molecule has 1 amide bonds. The molecule has 170 valence electrons. The van der Waals surface area contributed by atoms with Crippen LogP contribution in [0.5, 0.6) is 23.0 Å². The summed E-state index contributed by atoms with van der Waals surface area (Å²) < 4.78 is 21.5. The Morgan fingerprint density at radius 1 is 0.938 bits per heavy atom. The first-order chi connectivity index (χ1) is 15.4. The fraction of sp³-hybridized carbons (Fsp3) is 0.348. The molecular formula is C23H26N2O7. The van der Waals surface area contributed by atoms with Gasteiger partial charge in [-0.25, -0.2) is 5.01 Å². The number of carboxylic acid groups (broad SMARTS) is 1. The Hall–Kier alpha value is -3.75. The summed E-state index contributed by atoms with van der Waals surface area (Å²) in [7, 11) is 6.20. The van der Waals surface area contributed by atoms with Crippen LogP contribution in [0.15, 0.2) is 41.5 Å². The average Bonchev–Trinajstić information content (AvgIpc) is 3.26. The highest BCUT2D eigenvalue weighted by Gasteiger charge is 2.35. The van der Waals surface area contributed by atoms with Crippen molar-refractivity contribution in [1.82, 2.24) is 5.01 Å². The average molecular weight is 442 g/mol. The van der Waals surface area contributed by atoms with E-state index in [9.17, 15) is 9.59 Å². The number of methoxy groups -OCH3 is 4. The second-order valence-electron chi connectivity index (χ2n) is 7.08. The Morgan fingerprint density at radius 3 is 2.28 bits per heavy atom.